The number of benzene rings is 2. The molecule has 1 aliphatic rings. The molecule has 2 aromatic carbocycles. The second-order valence-corrected chi connectivity index (χ2v) is 5.54. The second kappa shape index (κ2) is 5.73. The number of rotatable bonds is 2. The van der Waals surface area contributed by atoms with Gasteiger partial charge in [-0.1, -0.05) is 6.07 Å². The predicted molar refractivity (Wildman–Crippen MR) is 85.5 cm³/mol. The summed E-state index contributed by atoms with van der Waals surface area (Å²) in [6.07, 6.45) is -0.605. The van der Waals surface area contributed by atoms with Crippen molar-refractivity contribution in [3.05, 3.63) is 41.5 Å². The zero-order valence-corrected chi connectivity index (χ0v) is 13.4. The van der Waals surface area contributed by atoms with Gasteiger partial charge < -0.3 is 28.2 Å². The maximum atomic E-state index is 9.90. The summed E-state index contributed by atoms with van der Waals surface area (Å²) in [5, 5.41) is 38.7. The van der Waals surface area contributed by atoms with Crippen molar-refractivity contribution in [3.8, 4) is 28.7 Å². The van der Waals surface area contributed by atoms with Crippen molar-refractivity contribution in [2.45, 2.75) is 18.6 Å². The summed E-state index contributed by atoms with van der Waals surface area (Å²) in [6, 6.07) is 7.60. The molecule has 0 unspecified atom stereocenters. The van der Waals surface area contributed by atoms with Gasteiger partial charge in [0.2, 0.25) is 0 Å². The van der Waals surface area contributed by atoms with Gasteiger partial charge in [0.25, 0.3) is 0 Å². The van der Waals surface area contributed by atoms with E-state index in [0.717, 1.165) is 0 Å². The van der Waals surface area contributed by atoms with Gasteiger partial charge in [0.1, 0.15) is 40.6 Å². The number of halogens is 1. The van der Waals surface area contributed by atoms with Crippen LogP contribution in [0.2, 0.25) is 0 Å². The zero-order valence-electron chi connectivity index (χ0n) is 11.2. The Bertz CT molecular complexity index is 694. The lowest BCUT2D eigenvalue weighted by Crippen LogP contribution is -2.30. The number of hydrogen-bond acceptors (Lipinski definition) is 6. The van der Waals surface area contributed by atoms with E-state index >= 15 is 0 Å². The summed E-state index contributed by atoms with van der Waals surface area (Å²) in [5.74, 6) is -0.808. The second-order valence-electron chi connectivity index (χ2n) is 5.03. The van der Waals surface area contributed by atoms with Gasteiger partial charge in [0, 0.05) is 17.5 Å². The SMILES string of the molecule is Oc1cc([C@H]2Oc3cccc(O)c3C[C@H]2OI)cc(O)c1O. The van der Waals surface area contributed by atoms with Crippen molar-refractivity contribution in [2.75, 3.05) is 0 Å². The molecule has 0 saturated carbocycles. The summed E-state index contributed by atoms with van der Waals surface area (Å²) in [4.78, 5) is 0. The third-order valence-corrected chi connectivity index (χ3v) is 4.29. The fourth-order valence-corrected chi connectivity index (χ4v) is 2.99. The molecule has 1 aliphatic heterocycles. The summed E-state index contributed by atoms with van der Waals surface area (Å²) in [5.41, 5.74) is 1.11. The molecule has 0 amide bonds. The molecule has 22 heavy (non-hydrogen) atoms. The van der Waals surface area contributed by atoms with E-state index in [4.69, 9.17) is 7.80 Å². The van der Waals surface area contributed by atoms with Crippen LogP contribution in [0.3, 0.4) is 0 Å². The molecule has 0 spiro atoms. The van der Waals surface area contributed by atoms with Crippen LogP contribution in [0.5, 0.6) is 28.7 Å². The minimum absolute atomic E-state index is 0.130. The van der Waals surface area contributed by atoms with E-state index in [2.05, 4.69) is 0 Å². The van der Waals surface area contributed by atoms with Gasteiger partial charge in [-0.25, -0.2) is 0 Å². The Kier molecular flexibility index (Phi) is 3.92. The molecule has 3 rings (SSSR count). The highest BCUT2D eigenvalue weighted by Gasteiger charge is 2.34. The van der Waals surface area contributed by atoms with Crippen molar-refractivity contribution in [3.63, 3.8) is 0 Å². The molecule has 2 atom stereocenters. The van der Waals surface area contributed by atoms with E-state index in [1.807, 2.05) is 0 Å². The third-order valence-electron chi connectivity index (χ3n) is 3.64. The Balaban J connectivity index is 2.03. The molecule has 0 aromatic heterocycles. The molecule has 116 valence electrons. The fraction of sp³-hybridized carbons (Fsp3) is 0.200. The average Bonchev–Trinajstić information content (AvgIpc) is 2.51. The van der Waals surface area contributed by atoms with Crippen molar-refractivity contribution < 1.29 is 28.2 Å². The molecule has 0 aliphatic carbocycles. The van der Waals surface area contributed by atoms with Crippen molar-refractivity contribution in [2.24, 2.45) is 0 Å². The minimum atomic E-state index is -0.594. The van der Waals surface area contributed by atoms with Crippen molar-refractivity contribution in [1.82, 2.24) is 0 Å². The summed E-state index contributed by atoms with van der Waals surface area (Å²) in [7, 11) is 0. The molecule has 6 nitrogen and oxygen atoms in total. The highest BCUT2D eigenvalue weighted by molar-refractivity contribution is 14.1. The number of fused-ring (bicyclic) bond motifs is 1. The molecular formula is C15H13IO6. The maximum Gasteiger partial charge on any atom is 0.200 e. The van der Waals surface area contributed by atoms with E-state index in [9.17, 15) is 20.4 Å². The zero-order chi connectivity index (χ0) is 15.9. The van der Waals surface area contributed by atoms with Crippen LogP contribution in [-0.4, -0.2) is 26.5 Å². The first-order chi connectivity index (χ1) is 10.5. The van der Waals surface area contributed by atoms with Crippen LogP contribution in [0.1, 0.15) is 17.2 Å². The lowest BCUT2D eigenvalue weighted by Gasteiger charge is -2.32. The average molecular weight is 416 g/mol. The first-order valence-electron chi connectivity index (χ1n) is 6.51. The fourth-order valence-electron chi connectivity index (χ4n) is 2.54. The number of phenols is 4. The van der Waals surface area contributed by atoms with Crippen LogP contribution in [-0.2, 0) is 9.49 Å². The molecule has 0 saturated heterocycles. The van der Waals surface area contributed by atoms with Crippen LogP contribution < -0.4 is 4.74 Å². The Morgan fingerprint density at radius 1 is 1.05 bits per heavy atom. The Hall–Kier alpha value is -1.87. The summed E-state index contributed by atoms with van der Waals surface area (Å²) in [6.45, 7) is 0. The molecule has 7 heteroatoms. The van der Waals surface area contributed by atoms with Gasteiger partial charge in [-0.2, -0.15) is 0 Å². The summed E-state index contributed by atoms with van der Waals surface area (Å²) < 4.78 is 11.2. The van der Waals surface area contributed by atoms with Gasteiger partial charge in [0.15, 0.2) is 23.4 Å². The van der Waals surface area contributed by atoms with Crippen molar-refractivity contribution in [1.29, 1.82) is 0 Å². The number of aromatic hydroxyl groups is 4. The highest BCUT2D eigenvalue weighted by Crippen LogP contribution is 2.44. The molecule has 4 N–H and O–H groups in total. The Morgan fingerprint density at radius 3 is 2.36 bits per heavy atom. The van der Waals surface area contributed by atoms with Gasteiger partial charge in [-0.05, 0) is 24.3 Å². The molecule has 1 heterocycles. The van der Waals surface area contributed by atoms with E-state index in [-0.39, 0.29) is 5.75 Å². The van der Waals surface area contributed by atoms with Gasteiger partial charge >= 0.3 is 0 Å². The maximum absolute atomic E-state index is 9.90. The predicted octanol–water partition coefficient (Wildman–Crippen LogP) is 2.92. The first-order valence-corrected chi connectivity index (χ1v) is 7.39. The van der Waals surface area contributed by atoms with Crippen LogP contribution in [0.4, 0.5) is 0 Å². The Morgan fingerprint density at radius 2 is 1.73 bits per heavy atom. The third kappa shape index (κ3) is 2.50. The minimum Gasteiger partial charge on any atom is -0.508 e. The number of hydrogen-bond donors (Lipinski definition) is 4. The van der Waals surface area contributed by atoms with Crippen molar-refractivity contribution >= 4 is 23.0 Å². The lowest BCUT2D eigenvalue weighted by molar-refractivity contribution is 0.0639. The van der Waals surface area contributed by atoms with Gasteiger partial charge in [-0.3, -0.25) is 0 Å². The van der Waals surface area contributed by atoms with Crippen LogP contribution >= 0.6 is 23.0 Å². The largest absolute Gasteiger partial charge is 0.508 e. The van der Waals surface area contributed by atoms with Crippen LogP contribution in [0, 0.1) is 0 Å². The lowest BCUT2D eigenvalue weighted by atomic mass is 9.94. The highest BCUT2D eigenvalue weighted by atomic mass is 127. The molecule has 0 fully saturated rings. The van der Waals surface area contributed by atoms with E-state index in [0.29, 0.717) is 23.3 Å². The van der Waals surface area contributed by atoms with E-state index < -0.39 is 29.5 Å². The monoisotopic (exact) mass is 416 g/mol. The summed E-state index contributed by atoms with van der Waals surface area (Å²) >= 11 is 1.75. The number of phenolic OH excluding ortho intramolecular Hbond substituents is 4. The van der Waals surface area contributed by atoms with Gasteiger partial charge in [0.05, 0.1) is 0 Å². The normalized spacial score (nSPS) is 20.2. The topological polar surface area (TPSA) is 99.4 Å². The smallest absolute Gasteiger partial charge is 0.200 e. The van der Waals surface area contributed by atoms with Gasteiger partial charge in [-0.15, -0.1) is 0 Å². The Labute approximate surface area is 140 Å². The molecule has 0 bridgehead atoms. The molecule has 2 aromatic rings. The molecular weight excluding hydrogens is 403 g/mol. The van der Waals surface area contributed by atoms with E-state index in [1.165, 1.54) is 12.1 Å². The molecule has 0 radical (unpaired) electrons. The van der Waals surface area contributed by atoms with Crippen LogP contribution in [0.15, 0.2) is 30.3 Å². The number of ether oxygens (including phenoxy) is 1. The van der Waals surface area contributed by atoms with Crippen LogP contribution in [0.25, 0.3) is 0 Å². The van der Waals surface area contributed by atoms with E-state index in [1.54, 1.807) is 41.2 Å². The standard InChI is InChI=1S/C15H13IO6/c16-22-13-6-8-9(17)2-1-3-12(8)21-15(13)7-4-10(18)14(20)11(19)5-7/h1-5,13,15,17-20H,6H2/t13-,15-/m1/s1. The first kappa shape index (κ1) is 15.0. The quantitative estimate of drug-likeness (QED) is 0.444.